The van der Waals surface area contributed by atoms with Crippen molar-refractivity contribution in [1.82, 2.24) is 14.7 Å². The first kappa shape index (κ1) is 12.8. The number of nitrogens with zero attached hydrogens (tertiary/aromatic N) is 4. The minimum absolute atomic E-state index is 0.0467. The zero-order valence-electron chi connectivity index (χ0n) is 10.8. The molecule has 7 nitrogen and oxygen atoms in total. The van der Waals surface area contributed by atoms with Gasteiger partial charge in [-0.25, -0.2) is 0 Å². The summed E-state index contributed by atoms with van der Waals surface area (Å²) < 4.78 is 1.47. The van der Waals surface area contributed by atoms with Crippen LogP contribution in [0.25, 0.3) is 0 Å². The van der Waals surface area contributed by atoms with Crippen LogP contribution in [0.1, 0.15) is 12.8 Å². The highest BCUT2D eigenvalue weighted by molar-refractivity contribution is 5.54. The molecule has 1 fully saturated rings. The van der Waals surface area contributed by atoms with Crippen LogP contribution >= 0.6 is 0 Å². The number of hydrogen-bond donors (Lipinski definition) is 1. The lowest BCUT2D eigenvalue weighted by Gasteiger charge is -2.28. The summed E-state index contributed by atoms with van der Waals surface area (Å²) in [5, 5.41) is 18.0. The average Bonchev–Trinajstić information content (AvgIpc) is 2.70. The van der Waals surface area contributed by atoms with E-state index >= 15 is 0 Å². The second kappa shape index (κ2) is 5.34. The van der Waals surface area contributed by atoms with Gasteiger partial charge in [-0.3, -0.25) is 14.8 Å². The molecule has 2 rings (SSSR count). The third kappa shape index (κ3) is 2.98. The Morgan fingerprint density at radius 3 is 2.78 bits per heavy atom. The number of likely N-dealkylation sites (tertiary alicyclic amines) is 1. The zero-order chi connectivity index (χ0) is 13.1. The number of nitro groups is 1. The van der Waals surface area contributed by atoms with Crippen molar-refractivity contribution in [2.75, 3.05) is 32.0 Å². The third-order valence-electron chi connectivity index (χ3n) is 3.40. The lowest BCUT2D eigenvalue weighted by atomic mass is 9.97. The number of nitrogens with one attached hydrogen (secondary N) is 1. The van der Waals surface area contributed by atoms with Crippen LogP contribution in [-0.4, -0.2) is 46.3 Å². The molecular formula is C11H19N5O2. The molecule has 0 aliphatic carbocycles. The molecule has 0 amide bonds. The Morgan fingerprint density at radius 2 is 2.17 bits per heavy atom. The van der Waals surface area contributed by atoms with E-state index in [0.717, 1.165) is 32.5 Å². The van der Waals surface area contributed by atoms with Crippen LogP contribution in [0.2, 0.25) is 0 Å². The first-order valence-electron chi connectivity index (χ1n) is 6.16. The summed E-state index contributed by atoms with van der Waals surface area (Å²) in [5.41, 5.74) is 0.0467. The van der Waals surface area contributed by atoms with Crippen LogP contribution in [0, 0.1) is 16.0 Å². The molecule has 100 valence electrons. The van der Waals surface area contributed by atoms with Gasteiger partial charge in [-0.2, -0.15) is 0 Å². The molecule has 0 aromatic carbocycles. The number of piperidine rings is 1. The predicted molar refractivity (Wildman–Crippen MR) is 68.6 cm³/mol. The second-order valence-corrected chi connectivity index (χ2v) is 4.92. The molecule has 0 radical (unpaired) electrons. The van der Waals surface area contributed by atoms with Gasteiger partial charge in [-0.1, -0.05) is 0 Å². The fourth-order valence-corrected chi connectivity index (χ4v) is 2.24. The molecule has 1 aromatic heterocycles. The van der Waals surface area contributed by atoms with Crippen molar-refractivity contribution in [3.05, 3.63) is 16.3 Å². The summed E-state index contributed by atoms with van der Waals surface area (Å²) in [6, 6.07) is 0. The van der Waals surface area contributed by atoms with Gasteiger partial charge in [0.25, 0.3) is 0 Å². The van der Waals surface area contributed by atoms with Crippen LogP contribution in [0.3, 0.4) is 0 Å². The van der Waals surface area contributed by atoms with E-state index in [4.69, 9.17) is 0 Å². The summed E-state index contributed by atoms with van der Waals surface area (Å²) in [5.74, 6) is 0.948. The number of aryl methyl sites for hydroxylation is 1. The molecule has 0 atom stereocenters. The van der Waals surface area contributed by atoms with E-state index in [9.17, 15) is 10.1 Å². The number of aromatic nitrogens is 2. The SMILES string of the molecule is CN1CCC(CNc2nn(C)cc2[N+](=O)[O-])CC1. The first-order chi connectivity index (χ1) is 8.56. The lowest BCUT2D eigenvalue weighted by molar-refractivity contribution is -0.384. The standard InChI is InChI=1S/C11H19N5O2/c1-14-5-3-9(4-6-14)7-12-11-10(16(17)18)8-15(2)13-11/h8-9H,3-7H2,1-2H3,(H,12,13). The summed E-state index contributed by atoms with van der Waals surface area (Å²) >= 11 is 0. The van der Waals surface area contributed by atoms with E-state index in [1.54, 1.807) is 7.05 Å². The van der Waals surface area contributed by atoms with Crippen LogP contribution in [-0.2, 0) is 7.05 Å². The van der Waals surface area contributed by atoms with Crippen molar-refractivity contribution < 1.29 is 4.92 Å². The van der Waals surface area contributed by atoms with E-state index in [2.05, 4.69) is 22.4 Å². The van der Waals surface area contributed by atoms with E-state index in [1.165, 1.54) is 10.9 Å². The smallest absolute Gasteiger partial charge is 0.330 e. The number of hydrogen-bond acceptors (Lipinski definition) is 5. The van der Waals surface area contributed by atoms with Crippen LogP contribution in [0.5, 0.6) is 0 Å². The summed E-state index contributed by atoms with van der Waals surface area (Å²) in [4.78, 5) is 12.7. The van der Waals surface area contributed by atoms with E-state index in [0.29, 0.717) is 11.7 Å². The molecule has 1 N–H and O–H groups in total. The van der Waals surface area contributed by atoms with Crippen molar-refractivity contribution in [2.45, 2.75) is 12.8 Å². The highest BCUT2D eigenvalue weighted by Gasteiger charge is 2.21. The third-order valence-corrected chi connectivity index (χ3v) is 3.40. The maximum Gasteiger partial charge on any atom is 0.330 e. The predicted octanol–water partition coefficient (Wildman–Crippen LogP) is 1.08. The highest BCUT2D eigenvalue weighted by Crippen LogP contribution is 2.23. The van der Waals surface area contributed by atoms with Gasteiger partial charge >= 0.3 is 5.69 Å². The van der Waals surface area contributed by atoms with Crippen LogP contribution < -0.4 is 5.32 Å². The number of anilines is 1. The Kier molecular flexibility index (Phi) is 3.81. The summed E-state index contributed by atoms with van der Waals surface area (Å²) in [7, 11) is 3.81. The normalized spacial score (nSPS) is 17.9. The minimum Gasteiger partial charge on any atom is -0.363 e. The Labute approximate surface area is 106 Å². The summed E-state index contributed by atoms with van der Waals surface area (Å²) in [6.45, 7) is 2.94. The Morgan fingerprint density at radius 1 is 1.50 bits per heavy atom. The van der Waals surface area contributed by atoms with E-state index in [-0.39, 0.29) is 5.69 Å². The van der Waals surface area contributed by atoms with Gasteiger partial charge in [-0.05, 0) is 38.9 Å². The quantitative estimate of drug-likeness (QED) is 0.642. The van der Waals surface area contributed by atoms with Gasteiger partial charge in [0.1, 0.15) is 6.20 Å². The molecule has 1 aliphatic rings. The Bertz CT molecular complexity index is 423. The molecule has 1 aromatic rings. The minimum atomic E-state index is -0.399. The average molecular weight is 253 g/mol. The highest BCUT2D eigenvalue weighted by atomic mass is 16.6. The molecule has 0 saturated carbocycles. The van der Waals surface area contributed by atoms with Gasteiger partial charge in [0.2, 0.25) is 5.82 Å². The first-order valence-corrected chi connectivity index (χ1v) is 6.16. The van der Waals surface area contributed by atoms with Gasteiger partial charge in [0.05, 0.1) is 4.92 Å². The molecule has 0 spiro atoms. The van der Waals surface area contributed by atoms with Gasteiger partial charge in [0.15, 0.2) is 0 Å². The Hall–Kier alpha value is -1.63. The fourth-order valence-electron chi connectivity index (χ4n) is 2.24. The topological polar surface area (TPSA) is 76.2 Å². The van der Waals surface area contributed by atoms with Crippen LogP contribution in [0.15, 0.2) is 6.20 Å². The van der Waals surface area contributed by atoms with Crippen molar-refractivity contribution in [2.24, 2.45) is 13.0 Å². The number of rotatable bonds is 4. The van der Waals surface area contributed by atoms with E-state index < -0.39 is 4.92 Å². The molecule has 2 heterocycles. The summed E-state index contributed by atoms with van der Waals surface area (Å²) in [6.07, 6.45) is 3.69. The molecule has 7 heteroatoms. The monoisotopic (exact) mass is 253 g/mol. The maximum absolute atomic E-state index is 10.8. The molecular weight excluding hydrogens is 234 g/mol. The largest absolute Gasteiger partial charge is 0.363 e. The molecule has 0 unspecified atom stereocenters. The molecule has 18 heavy (non-hydrogen) atoms. The van der Waals surface area contributed by atoms with Crippen molar-refractivity contribution in [3.8, 4) is 0 Å². The van der Waals surface area contributed by atoms with Crippen molar-refractivity contribution >= 4 is 11.5 Å². The molecule has 1 saturated heterocycles. The lowest BCUT2D eigenvalue weighted by Crippen LogP contribution is -2.33. The van der Waals surface area contributed by atoms with Gasteiger partial charge in [-0.15, -0.1) is 5.10 Å². The molecule has 0 bridgehead atoms. The maximum atomic E-state index is 10.8. The van der Waals surface area contributed by atoms with E-state index in [1.807, 2.05) is 0 Å². The van der Waals surface area contributed by atoms with Gasteiger partial charge in [0, 0.05) is 13.6 Å². The van der Waals surface area contributed by atoms with Gasteiger partial charge < -0.3 is 10.2 Å². The van der Waals surface area contributed by atoms with Crippen molar-refractivity contribution in [1.29, 1.82) is 0 Å². The second-order valence-electron chi connectivity index (χ2n) is 4.92. The van der Waals surface area contributed by atoms with Crippen molar-refractivity contribution in [3.63, 3.8) is 0 Å². The molecule has 1 aliphatic heterocycles. The Balaban J connectivity index is 1.92. The zero-order valence-corrected chi connectivity index (χ0v) is 10.8. The fraction of sp³-hybridized carbons (Fsp3) is 0.727. The van der Waals surface area contributed by atoms with Crippen LogP contribution in [0.4, 0.5) is 11.5 Å².